The Hall–Kier alpha value is -0.530. The van der Waals surface area contributed by atoms with Crippen molar-refractivity contribution < 1.29 is 4.79 Å². The van der Waals surface area contributed by atoms with Gasteiger partial charge in [-0.25, -0.2) is 0 Å². The Labute approximate surface area is 62.2 Å². The van der Waals surface area contributed by atoms with Crippen molar-refractivity contribution in [3.63, 3.8) is 0 Å². The lowest BCUT2D eigenvalue weighted by Crippen LogP contribution is -2.58. The summed E-state index contributed by atoms with van der Waals surface area (Å²) < 4.78 is 0. The molecule has 0 aromatic heterocycles. The van der Waals surface area contributed by atoms with Crippen molar-refractivity contribution in [3.8, 4) is 0 Å². The van der Waals surface area contributed by atoms with E-state index in [1.165, 1.54) is 0 Å². The molecule has 0 atom stereocenters. The number of rotatable bonds is 1. The molecule has 1 rings (SSSR count). The van der Waals surface area contributed by atoms with Crippen LogP contribution in [-0.4, -0.2) is 22.9 Å². The molecule has 2 nitrogen and oxygen atoms in total. The fourth-order valence-electron chi connectivity index (χ4n) is 1.32. The minimum Gasteiger partial charge on any atom is -0.337 e. The topological polar surface area (TPSA) is 20.3 Å². The van der Waals surface area contributed by atoms with Gasteiger partial charge in [0.05, 0.1) is 0 Å². The van der Waals surface area contributed by atoms with Crippen LogP contribution in [0.25, 0.3) is 0 Å². The first-order chi connectivity index (χ1) is 4.58. The molecule has 0 spiro atoms. The summed E-state index contributed by atoms with van der Waals surface area (Å²) in [6.45, 7) is 7.10. The van der Waals surface area contributed by atoms with Crippen LogP contribution >= 0.6 is 0 Å². The number of amides is 1. The van der Waals surface area contributed by atoms with Gasteiger partial charge in [-0.05, 0) is 20.3 Å². The zero-order valence-electron chi connectivity index (χ0n) is 6.98. The Morgan fingerprint density at radius 1 is 1.60 bits per heavy atom. The van der Waals surface area contributed by atoms with Gasteiger partial charge in [0.1, 0.15) is 0 Å². The molecule has 0 unspecified atom stereocenters. The van der Waals surface area contributed by atoms with Crippen molar-refractivity contribution >= 4 is 5.91 Å². The molecule has 1 saturated heterocycles. The molecule has 10 heavy (non-hydrogen) atoms. The Bertz CT molecular complexity index is 151. The van der Waals surface area contributed by atoms with Gasteiger partial charge in [-0.1, -0.05) is 6.92 Å². The van der Waals surface area contributed by atoms with E-state index >= 15 is 0 Å². The van der Waals surface area contributed by atoms with Crippen LogP contribution in [0.4, 0.5) is 0 Å². The Balaban J connectivity index is 2.51. The van der Waals surface area contributed by atoms with E-state index in [0.29, 0.717) is 6.42 Å². The Kier molecular flexibility index (Phi) is 1.71. The maximum Gasteiger partial charge on any atom is 0.222 e. The van der Waals surface area contributed by atoms with Gasteiger partial charge in [0.15, 0.2) is 0 Å². The molecular weight excluding hydrogens is 126 g/mol. The lowest BCUT2D eigenvalue weighted by Gasteiger charge is -2.48. The van der Waals surface area contributed by atoms with Gasteiger partial charge in [-0.15, -0.1) is 0 Å². The van der Waals surface area contributed by atoms with Crippen molar-refractivity contribution in [2.24, 2.45) is 0 Å². The quantitative estimate of drug-likeness (QED) is 0.540. The number of hydrogen-bond acceptors (Lipinski definition) is 1. The molecule has 1 aliphatic heterocycles. The molecule has 0 bridgehead atoms. The van der Waals surface area contributed by atoms with Gasteiger partial charge >= 0.3 is 0 Å². The van der Waals surface area contributed by atoms with Crippen LogP contribution in [0.5, 0.6) is 0 Å². The fourth-order valence-corrected chi connectivity index (χ4v) is 1.32. The minimum absolute atomic E-state index is 0.146. The predicted octanol–water partition coefficient (Wildman–Crippen LogP) is 1.41. The molecule has 0 N–H and O–H groups in total. The SMILES string of the molecule is CCC(=O)N1CCC1(C)C. The lowest BCUT2D eigenvalue weighted by atomic mass is 9.89. The van der Waals surface area contributed by atoms with Crippen molar-refractivity contribution in [1.82, 2.24) is 4.90 Å². The molecule has 1 fully saturated rings. The number of hydrogen-bond donors (Lipinski definition) is 0. The van der Waals surface area contributed by atoms with Crippen LogP contribution < -0.4 is 0 Å². The number of carbonyl (C=O) groups excluding carboxylic acids is 1. The number of nitrogens with zero attached hydrogens (tertiary/aromatic N) is 1. The van der Waals surface area contributed by atoms with Crippen molar-refractivity contribution in [3.05, 3.63) is 0 Å². The van der Waals surface area contributed by atoms with E-state index in [4.69, 9.17) is 0 Å². The summed E-state index contributed by atoms with van der Waals surface area (Å²) >= 11 is 0. The average molecular weight is 141 g/mol. The van der Waals surface area contributed by atoms with E-state index in [2.05, 4.69) is 13.8 Å². The molecular formula is C8H15NO. The standard InChI is InChI=1S/C8H15NO/c1-4-7(10)9-6-5-8(9,2)3/h4-6H2,1-3H3. The third-order valence-corrected chi connectivity index (χ3v) is 2.28. The maximum absolute atomic E-state index is 11.1. The normalized spacial score (nSPS) is 22.1. The summed E-state index contributed by atoms with van der Waals surface area (Å²) in [5, 5.41) is 0. The van der Waals surface area contributed by atoms with Crippen molar-refractivity contribution in [2.45, 2.75) is 39.2 Å². The van der Waals surface area contributed by atoms with Gasteiger partial charge in [-0.2, -0.15) is 0 Å². The molecule has 2 heteroatoms. The van der Waals surface area contributed by atoms with Crippen molar-refractivity contribution in [1.29, 1.82) is 0 Å². The highest BCUT2D eigenvalue weighted by Gasteiger charge is 2.37. The van der Waals surface area contributed by atoms with Crippen LogP contribution in [0, 0.1) is 0 Å². The first kappa shape index (κ1) is 7.58. The zero-order chi connectivity index (χ0) is 7.78. The van der Waals surface area contributed by atoms with Gasteiger partial charge in [0, 0.05) is 18.5 Å². The minimum atomic E-state index is 0.146. The third kappa shape index (κ3) is 1.02. The average Bonchev–Trinajstić information content (AvgIpc) is 1.86. The van der Waals surface area contributed by atoms with E-state index < -0.39 is 0 Å². The second kappa shape index (κ2) is 2.26. The predicted molar refractivity (Wildman–Crippen MR) is 40.7 cm³/mol. The Morgan fingerprint density at radius 2 is 2.20 bits per heavy atom. The first-order valence-corrected chi connectivity index (χ1v) is 3.88. The molecule has 0 radical (unpaired) electrons. The molecule has 0 aliphatic carbocycles. The highest BCUT2D eigenvalue weighted by molar-refractivity contribution is 5.77. The maximum atomic E-state index is 11.1. The molecule has 0 saturated carbocycles. The molecule has 1 amide bonds. The van der Waals surface area contributed by atoms with Gasteiger partial charge < -0.3 is 4.90 Å². The van der Waals surface area contributed by atoms with E-state index in [1.54, 1.807) is 0 Å². The molecule has 0 aromatic rings. The smallest absolute Gasteiger partial charge is 0.222 e. The van der Waals surface area contributed by atoms with E-state index in [9.17, 15) is 4.79 Å². The highest BCUT2D eigenvalue weighted by Crippen LogP contribution is 2.29. The number of carbonyl (C=O) groups is 1. The van der Waals surface area contributed by atoms with E-state index in [1.807, 2.05) is 11.8 Å². The third-order valence-electron chi connectivity index (χ3n) is 2.28. The van der Waals surface area contributed by atoms with Crippen LogP contribution in [0.3, 0.4) is 0 Å². The number of likely N-dealkylation sites (tertiary alicyclic amines) is 1. The van der Waals surface area contributed by atoms with Gasteiger partial charge in [0.25, 0.3) is 0 Å². The summed E-state index contributed by atoms with van der Waals surface area (Å²) in [5.74, 6) is 0.288. The van der Waals surface area contributed by atoms with Crippen LogP contribution in [0.2, 0.25) is 0 Å². The summed E-state index contributed by atoms with van der Waals surface area (Å²) in [6, 6.07) is 0. The molecule has 1 heterocycles. The van der Waals surface area contributed by atoms with Gasteiger partial charge in [0.2, 0.25) is 5.91 Å². The second-order valence-electron chi connectivity index (χ2n) is 3.46. The van der Waals surface area contributed by atoms with Crippen LogP contribution in [0.1, 0.15) is 33.6 Å². The monoisotopic (exact) mass is 141 g/mol. The first-order valence-electron chi connectivity index (χ1n) is 3.88. The van der Waals surface area contributed by atoms with Crippen molar-refractivity contribution in [2.75, 3.05) is 6.54 Å². The molecule has 1 aliphatic rings. The molecule has 58 valence electrons. The largest absolute Gasteiger partial charge is 0.337 e. The Morgan fingerprint density at radius 3 is 2.30 bits per heavy atom. The summed E-state index contributed by atoms with van der Waals surface area (Å²) in [7, 11) is 0. The van der Waals surface area contributed by atoms with Gasteiger partial charge in [-0.3, -0.25) is 4.79 Å². The van der Waals surface area contributed by atoms with E-state index in [0.717, 1.165) is 13.0 Å². The van der Waals surface area contributed by atoms with E-state index in [-0.39, 0.29) is 11.4 Å². The summed E-state index contributed by atoms with van der Waals surface area (Å²) in [4.78, 5) is 13.1. The van der Waals surface area contributed by atoms with Crippen LogP contribution in [0.15, 0.2) is 0 Å². The lowest BCUT2D eigenvalue weighted by molar-refractivity contribution is -0.144. The summed E-state index contributed by atoms with van der Waals surface area (Å²) in [6.07, 6.45) is 1.79. The highest BCUT2D eigenvalue weighted by atomic mass is 16.2. The summed E-state index contributed by atoms with van der Waals surface area (Å²) in [5.41, 5.74) is 0.146. The fraction of sp³-hybridized carbons (Fsp3) is 0.875. The zero-order valence-corrected chi connectivity index (χ0v) is 6.98. The second-order valence-corrected chi connectivity index (χ2v) is 3.46. The van der Waals surface area contributed by atoms with Crippen LogP contribution in [-0.2, 0) is 4.79 Å². The molecule has 0 aromatic carbocycles.